The third-order valence-corrected chi connectivity index (χ3v) is 4.41. The number of anilines is 1. The van der Waals surface area contributed by atoms with Crippen molar-refractivity contribution in [1.29, 1.82) is 0 Å². The van der Waals surface area contributed by atoms with Crippen LogP contribution in [0.15, 0.2) is 29.2 Å². The minimum atomic E-state index is -4.59. The van der Waals surface area contributed by atoms with E-state index in [2.05, 4.69) is 0 Å². The average molecular weight is 319 g/mol. The van der Waals surface area contributed by atoms with Crippen LogP contribution < -0.4 is 11.0 Å². The van der Waals surface area contributed by atoms with Crippen molar-refractivity contribution < 1.29 is 32.4 Å². The Bertz CT molecular complexity index is 856. The lowest BCUT2D eigenvalue weighted by molar-refractivity contribution is 0.387. The molecular weight excluding hydrogens is 309 g/mol. The molecule has 6 N–H and O–H groups in total. The number of phenolic OH excluding ortho intramolecular Hbond substituents is 1. The molecule has 0 fully saturated rings. The fraction of sp³-hybridized carbons (Fsp3) is 0. The molecule has 0 saturated heterocycles. The molecule has 0 unspecified atom stereocenters. The molecule has 0 heterocycles. The molecule has 0 saturated carbocycles. The summed E-state index contributed by atoms with van der Waals surface area (Å²) in [6.45, 7) is 0. The van der Waals surface area contributed by atoms with E-state index in [9.17, 15) is 18.1 Å². The molecule has 108 valence electrons. The summed E-state index contributed by atoms with van der Waals surface area (Å²) in [6, 6.07) is 3.75. The van der Waals surface area contributed by atoms with Gasteiger partial charge in [0.15, 0.2) is 0 Å². The van der Waals surface area contributed by atoms with Gasteiger partial charge in [0, 0.05) is 17.1 Å². The number of rotatable bonds is 2. The number of hydrogen-bond acceptors (Lipinski definition) is 5. The third-order valence-electron chi connectivity index (χ3n) is 2.65. The number of benzene rings is 2. The van der Waals surface area contributed by atoms with E-state index in [0.29, 0.717) is 0 Å². The van der Waals surface area contributed by atoms with Gasteiger partial charge in [0.2, 0.25) is 0 Å². The topological polar surface area (TPSA) is 158 Å². The summed E-state index contributed by atoms with van der Waals surface area (Å²) in [5, 5.41) is 9.34. The predicted molar refractivity (Wildman–Crippen MR) is 71.5 cm³/mol. The Balaban J connectivity index is 2.91. The summed E-state index contributed by atoms with van der Waals surface area (Å²) < 4.78 is 42.3. The highest BCUT2D eigenvalue weighted by Crippen LogP contribution is 2.38. The SMILES string of the molecule is Nc1cc(P(=O)(O)O)cc2cc(S(=O)(=O)O)cc(O)c12. The maximum atomic E-state index is 11.2. The number of aromatic hydroxyl groups is 1. The first-order chi connectivity index (χ1) is 9.00. The average Bonchev–Trinajstić information content (AvgIpc) is 2.25. The number of nitrogen functional groups attached to an aromatic ring is 1. The maximum absolute atomic E-state index is 11.2. The highest BCUT2D eigenvalue weighted by Gasteiger charge is 2.21. The summed E-state index contributed by atoms with van der Waals surface area (Å²) in [5.41, 5.74) is 5.47. The molecule has 0 aromatic heterocycles. The molecule has 0 radical (unpaired) electrons. The standard InChI is InChI=1S/C10H10NO7PS/c11-8-3-6(19(13,14)15)1-5-2-7(20(16,17)18)4-9(12)10(5)8/h1-4,12H,11H2,(H2,13,14,15)(H,16,17,18). The second-order valence-electron chi connectivity index (χ2n) is 4.09. The van der Waals surface area contributed by atoms with Crippen LogP contribution in [0.1, 0.15) is 0 Å². The molecule has 0 spiro atoms. The van der Waals surface area contributed by atoms with Crippen molar-refractivity contribution in [3.63, 3.8) is 0 Å². The van der Waals surface area contributed by atoms with Gasteiger partial charge in [0.25, 0.3) is 10.1 Å². The van der Waals surface area contributed by atoms with Crippen LogP contribution in [-0.2, 0) is 14.7 Å². The zero-order valence-corrected chi connectivity index (χ0v) is 11.5. The third kappa shape index (κ3) is 2.62. The molecular formula is C10H10NO7PS. The van der Waals surface area contributed by atoms with Gasteiger partial charge in [-0.15, -0.1) is 0 Å². The van der Waals surface area contributed by atoms with Crippen molar-refractivity contribution in [1.82, 2.24) is 0 Å². The molecule has 0 atom stereocenters. The summed E-state index contributed by atoms with van der Waals surface area (Å²) in [5.74, 6) is -0.523. The van der Waals surface area contributed by atoms with Crippen LogP contribution in [0, 0.1) is 0 Å². The van der Waals surface area contributed by atoms with Gasteiger partial charge in [0.1, 0.15) is 5.75 Å². The first kappa shape index (κ1) is 14.8. The smallest absolute Gasteiger partial charge is 0.356 e. The predicted octanol–water partition coefficient (Wildman–Crippen LogP) is 0.177. The summed E-state index contributed by atoms with van der Waals surface area (Å²) in [6.07, 6.45) is 0. The first-order valence-corrected chi connectivity index (χ1v) is 8.15. The van der Waals surface area contributed by atoms with E-state index in [1.54, 1.807) is 0 Å². The molecule has 0 aliphatic rings. The van der Waals surface area contributed by atoms with Gasteiger partial charge in [-0.1, -0.05) is 0 Å². The van der Waals surface area contributed by atoms with Gasteiger partial charge in [-0.05, 0) is 23.6 Å². The highest BCUT2D eigenvalue weighted by molar-refractivity contribution is 7.85. The Morgan fingerprint density at radius 1 is 1.10 bits per heavy atom. The second-order valence-corrected chi connectivity index (χ2v) is 7.12. The van der Waals surface area contributed by atoms with Gasteiger partial charge >= 0.3 is 7.60 Å². The van der Waals surface area contributed by atoms with Gasteiger partial charge in [-0.3, -0.25) is 9.12 Å². The lowest BCUT2D eigenvalue weighted by Crippen LogP contribution is -2.06. The van der Waals surface area contributed by atoms with E-state index in [1.165, 1.54) is 0 Å². The monoisotopic (exact) mass is 319 g/mol. The zero-order valence-electron chi connectivity index (χ0n) is 9.76. The van der Waals surface area contributed by atoms with Crippen LogP contribution in [0.5, 0.6) is 5.75 Å². The largest absolute Gasteiger partial charge is 0.507 e. The molecule has 20 heavy (non-hydrogen) atoms. The molecule has 2 aromatic rings. The zero-order chi connectivity index (χ0) is 15.3. The molecule has 0 bridgehead atoms. The fourth-order valence-corrected chi connectivity index (χ4v) is 2.95. The van der Waals surface area contributed by atoms with Gasteiger partial charge in [-0.25, -0.2) is 0 Å². The van der Waals surface area contributed by atoms with Crippen molar-refractivity contribution in [2.24, 2.45) is 0 Å². The summed E-state index contributed by atoms with van der Waals surface area (Å²) >= 11 is 0. The minimum Gasteiger partial charge on any atom is -0.507 e. The van der Waals surface area contributed by atoms with Crippen molar-refractivity contribution in [2.75, 3.05) is 5.73 Å². The van der Waals surface area contributed by atoms with Crippen LogP contribution in [0.3, 0.4) is 0 Å². The second kappa shape index (κ2) is 4.44. The van der Waals surface area contributed by atoms with Gasteiger partial charge in [-0.2, -0.15) is 8.42 Å². The Hall–Kier alpha value is -1.64. The van der Waals surface area contributed by atoms with E-state index in [1.807, 2.05) is 0 Å². The Labute approximate surface area is 113 Å². The van der Waals surface area contributed by atoms with Crippen LogP contribution >= 0.6 is 7.60 Å². The van der Waals surface area contributed by atoms with E-state index >= 15 is 0 Å². The number of hydrogen-bond donors (Lipinski definition) is 5. The Morgan fingerprint density at radius 3 is 2.20 bits per heavy atom. The van der Waals surface area contributed by atoms with E-state index in [-0.39, 0.29) is 16.5 Å². The molecule has 2 aromatic carbocycles. The fourth-order valence-electron chi connectivity index (χ4n) is 1.80. The van der Waals surface area contributed by atoms with Crippen molar-refractivity contribution in [3.05, 3.63) is 24.3 Å². The molecule has 0 aliphatic heterocycles. The quantitative estimate of drug-likeness (QED) is 0.298. The van der Waals surface area contributed by atoms with Crippen LogP contribution in [0.25, 0.3) is 10.8 Å². The Kier molecular flexibility index (Phi) is 3.28. The first-order valence-electron chi connectivity index (χ1n) is 5.10. The van der Waals surface area contributed by atoms with Gasteiger partial charge < -0.3 is 20.6 Å². The van der Waals surface area contributed by atoms with E-state index in [4.69, 9.17) is 20.1 Å². The van der Waals surface area contributed by atoms with E-state index in [0.717, 1.165) is 24.3 Å². The molecule has 10 heteroatoms. The molecule has 2 rings (SSSR count). The Morgan fingerprint density at radius 2 is 1.70 bits per heavy atom. The van der Waals surface area contributed by atoms with Crippen LogP contribution in [0.2, 0.25) is 0 Å². The van der Waals surface area contributed by atoms with Crippen molar-refractivity contribution >= 4 is 39.5 Å². The molecule has 0 amide bonds. The molecule has 0 aliphatic carbocycles. The maximum Gasteiger partial charge on any atom is 0.356 e. The van der Waals surface area contributed by atoms with E-state index < -0.39 is 33.7 Å². The van der Waals surface area contributed by atoms with Crippen molar-refractivity contribution in [3.8, 4) is 5.75 Å². The van der Waals surface area contributed by atoms with Crippen LogP contribution in [-0.4, -0.2) is 27.9 Å². The lowest BCUT2D eigenvalue weighted by Gasteiger charge is -2.11. The van der Waals surface area contributed by atoms with Crippen LogP contribution in [0.4, 0.5) is 5.69 Å². The number of phenols is 1. The summed E-state index contributed by atoms with van der Waals surface area (Å²) in [4.78, 5) is 17.6. The highest BCUT2D eigenvalue weighted by atomic mass is 32.2. The summed E-state index contributed by atoms with van der Waals surface area (Å²) in [7, 11) is -9.17. The van der Waals surface area contributed by atoms with Crippen molar-refractivity contribution in [2.45, 2.75) is 4.90 Å². The van der Waals surface area contributed by atoms with Gasteiger partial charge in [0.05, 0.1) is 10.2 Å². The lowest BCUT2D eigenvalue weighted by atomic mass is 10.1. The minimum absolute atomic E-state index is 0.0176. The number of fused-ring (bicyclic) bond motifs is 1. The molecule has 8 nitrogen and oxygen atoms in total. The normalized spacial score (nSPS) is 12.8. The number of nitrogens with two attached hydrogens (primary N) is 1.